The normalized spacial score (nSPS) is 27.6. The number of carbonyl (C=O) groups is 1. The Morgan fingerprint density at radius 1 is 1.15 bits per heavy atom. The SMILES string of the molecule is CN(C)[C@]1(c2ccccc2)CC[C@H](Cc2cc(Cl)cc(OCC3CN[C@H](C(=O)O)C3)c2)CC1. The zero-order chi connectivity index (χ0) is 23.4. The average molecular weight is 471 g/mol. The van der Waals surface area contributed by atoms with Gasteiger partial charge in [0.25, 0.3) is 0 Å². The lowest BCUT2D eigenvalue weighted by Gasteiger charge is -2.45. The van der Waals surface area contributed by atoms with Crippen molar-refractivity contribution in [2.75, 3.05) is 27.2 Å². The zero-order valence-corrected chi connectivity index (χ0v) is 20.4. The Labute approximate surface area is 202 Å². The van der Waals surface area contributed by atoms with Crippen LogP contribution in [0.4, 0.5) is 0 Å². The number of nitrogens with one attached hydrogen (secondary N) is 1. The van der Waals surface area contributed by atoms with Gasteiger partial charge in [-0.2, -0.15) is 0 Å². The summed E-state index contributed by atoms with van der Waals surface area (Å²) in [6, 6.07) is 16.4. The van der Waals surface area contributed by atoms with Gasteiger partial charge in [-0.15, -0.1) is 0 Å². The van der Waals surface area contributed by atoms with Crippen LogP contribution in [-0.4, -0.2) is 49.3 Å². The molecule has 1 aliphatic carbocycles. The van der Waals surface area contributed by atoms with Gasteiger partial charge < -0.3 is 15.2 Å². The molecule has 1 saturated heterocycles. The molecule has 5 nitrogen and oxygen atoms in total. The molecule has 2 aliphatic rings. The van der Waals surface area contributed by atoms with Crippen molar-refractivity contribution in [2.24, 2.45) is 11.8 Å². The molecular formula is C27H35ClN2O3. The van der Waals surface area contributed by atoms with E-state index in [1.54, 1.807) is 0 Å². The number of nitrogens with zero attached hydrogens (tertiary/aromatic N) is 1. The van der Waals surface area contributed by atoms with Gasteiger partial charge in [-0.25, -0.2) is 0 Å². The van der Waals surface area contributed by atoms with Crippen molar-refractivity contribution in [2.45, 2.75) is 50.1 Å². The molecule has 1 heterocycles. The second-order valence-corrected chi connectivity index (χ2v) is 10.4. The van der Waals surface area contributed by atoms with E-state index in [1.807, 2.05) is 6.07 Å². The molecule has 1 aliphatic heterocycles. The van der Waals surface area contributed by atoms with E-state index in [1.165, 1.54) is 24.0 Å². The molecule has 2 atom stereocenters. The summed E-state index contributed by atoms with van der Waals surface area (Å²) in [5.41, 5.74) is 2.75. The quantitative estimate of drug-likeness (QED) is 0.570. The summed E-state index contributed by atoms with van der Waals surface area (Å²) >= 11 is 6.42. The molecule has 33 heavy (non-hydrogen) atoms. The van der Waals surface area contributed by atoms with E-state index in [-0.39, 0.29) is 11.5 Å². The predicted molar refractivity (Wildman–Crippen MR) is 132 cm³/mol. The van der Waals surface area contributed by atoms with Gasteiger partial charge in [0.1, 0.15) is 11.8 Å². The third kappa shape index (κ3) is 5.71. The minimum Gasteiger partial charge on any atom is -0.493 e. The van der Waals surface area contributed by atoms with Crippen LogP contribution >= 0.6 is 11.6 Å². The molecule has 0 bridgehead atoms. The van der Waals surface area contributed by atoms with Crippen LogP contribution < -0.4 is 10.1 Å². The van der Waals surface area contributed by atoms with Crippen molar-refractivity contribution >= 4 is 17.6 Å². The van der Waals surface area contributed by atoms with Crippen molar-refractivity contribution in [1.82, 2.24) is 10.2 Å². The highest BCUT2D eigenvalue weighted by atomic mass is 35.5. The Kier molecular flexibility index (Phi) is 7.62. The monoisotopic (exact) mass is 470 g/mol. The van der Waals surface area contributed by atoms with Gasteiger partial charge in [0.2, 0.25) is 0 Å². The Morgan fingerprint density at radius 3 is 2.52 bits per heavy atom. The molecule has 1 unspecified atom stereocenters. The van der Waals surface area contributed by atoms with Gasteiger partial charge in [-0.1, -0.05) is 41.9 Å². The number of hydrogen-bond donors (Lipinski definition) is 2. The number of rotatable bonds is 8. The molecule has 1 saturated carbocycles. The second kappa shape index (κ2) is 10.5. The fourth-order valence-electron chi connectivity index (χ4n) is 5.60. The first kappa shape index (κ1) is 24.1. The minimum absolute atomic E-state index is 0.115. The van der Waals surface area contributed by atoms with Crippen LogP contribution in [0.25, 0.3) is 0 Å². The Balaban J connectivity index is 1.35. The molecule has 0 amide bonds. The lowest BCUT2D eigenvalue weighted by atomic mass is 9.70. The van der Waals surface area contributed by atoms with Gasteiger partial charge >= 0.3 is 5.97 Å². The Morgan fingerprint density at radius 2 is 1.88 bits per heavy atom. The fraction of sp³-hybridized carbons (Fsp3) is 0.519. The second-order valence-electron chi connectivity index (χ2n) is 9.95. The van der Waals surface area contributed by atoms with E-state index in [4.69, 9.17) is 21.4 Å². The third-order valence-electron chi connectivity index (χ3n) is 7.56. The Hall–Kier alpha value is -2.08. The summed E-state index contributed by atoms with van der Waals surface area (Å²) in [6.07, 6.45) is 6.26. The van der Waals surface area contributed by atoms with E-state index >= 15 is 0 Å². The fourth-order valence-corrected chi connectivity index (χ4v) is 5.84. The van der Waals surface area contributed by atoms with Gasteiger partial charge in [0.05, 0.1) is 6.61 Å². The van der Waals surface area contributed by atoms with Gasteiger partial charge in [-0.05, 0) is 87.9 Å². The number of aliphatic carboxylic acids is 1. The molecule has 0 spiro atoms. The van der Waals surface area contributed by atoms with E-state index < -0.39 is 12.0 Å². The number of halogens is 1. The van der Waals surface area contributed by atoms with E-state index in [0.717, 1.165) is 25.0 Å². The van der Waals surface area contributed by atoms with Crippen LogP contribution in [0.2, 0.25) is 5.02 Å². The highest BCUT2D eigenvalue weighted by Gasteiger charge is 2.38. The van der Waals surface area contributed by atoms with Gasteiger partial charge in [-0.3, -0.25) is 9.69 Å². The lowest BCUT2D eigenvalue weighted by molar-refractivity contribution is -0.139. The molecular weight excluding hydrogens is 436 g/mol. The third-order valence-corrected chi connectivity index (χ3v) is 7.78. The molecule has 6 heteroatoms. The van der Waals surface area contributed by atoms with Gasteiger partial charge in [0, 0.05) is 23.0 Å². The topological polar surface area (TPSA) is 61.8 Å². The summed E-state index contributed by atoms with van der Waals surface area (Å²) in [5, 5.41) is 12.9. The maximum Gasteiger partial charge on any atom is 0.320 e. The molecule has 178 valence electrons. The molecule has 0 aromatic heterocycles. The van der Waals surface area contributed by atoms with E-state index in [9.17, 15) is 4.79 Å². The minimum atomic E-state index is -0.791. The number of carboxylic acid groups (broad SMARTS) is 1. The highest BCUT2D eigenvalue weighted by molar-refractivity contribution is 6.30. The molecule has 0 radical (unpaired) electrons. The predicted octanol–water partition coefficient (Wildman–Crippen LogP) is 4.97. The summed E-state index contributed by atoms with van der Waals surface area (Å²) in [6.45, 7) is 1.17. The summed E-state index contributed by atoms with van der Waals surface area (Å²) in [7, 11) is 4.40. The number of carboxylic acids is 1. The average Bonchev–Trinajstić information content (AvgIpc) is 3.28. The molecule has 2 fully saturated rings. The van der Waals surface area contributed by atoms with Crippen LogP contribution in [0, 0.1) is 11.8 Å². The summed E-state index contributed by atoms with van der Waals surface area (Å²) < 4.78 is 6.03. The summed E-state index contributed by atoms with van der Waals surface area (Å²) in [4.78, 5) is 13.5. The van der Waals surface area contributed by atoms with Crippen molar-refractivity contribution in [1.29, 1.82) is 0 Å². The van der Waals surface area contributed by atoms with Crippen LogP contribution in [0.3, 0.4) is 0 Å². The molecule has 2 aromatic rings. The largest absolute Gasteiger partial charge is 0.493 e. The first-order chi connectivity index (χ1) is 15.9. The van der Waals surface area contributed by atoms with Crippen LogP contribution in [0.1, 0.15) is 43.2 Å². The van der Waals surface area contributed by atoms with Crippen molar-refractivity contribution in [3.8, 4) is 5.75 Å². The number of benzene rings is 2. The lowest BCUT2D eigenvalue weighted by Crippen LogP contribution is -2.44. The summed E-state index contributed by atoms with van der Waals surface area (Å²) in [5.74, 6) is 0.812. The van der Waals surface area contributed by atoms with Crippen molar-refractivity contribution < 1.29 is 14.6 Å². The van der Waals surface area contributed by atoms with Crippen molar-refractivity contribution in [3.05, 3.63) is 64.7 Å². The number of ether oxygens (including phenoxy) is 1. The smallest absolute Gasteiger partial charge is 0.320 e. The van der Waals surface area contributed by atoms with E-state index in [2.05, 4.69) is 66.8 Å². The Bertz CT molecular complexity index is 942. The first-order valence-corrected chi connectivity index (χ1v) is 12.3. The highest BCUT2D eigenvalue weighted by Crippen LogP contribution is 2.44. The van der Waals surface area contributed by atoms with Crippen molar-refractivity contribution in [3.63, 3.8) is 0 Å². The maximum atomic E-state index is 11.1. The van der Waals surface area contributed by atoms with Crippen LogP contribution in [0.15, 0.2) is 48.5 Å². The first-order valence-electron chi connectivity index (χ1n) is 12.0. The zero-order valence-electron chi connectivity index (χ0n) is 19.6. The number of hydrogen-bond acceptors (Lipinski definition) is 4. The van der Waals surface area contributed by atoms with Gasteiger partial charge in [0.15, 0.2) is 0 Å². The molecule has 2 aromatic carbocycles. The van der Waals surface area contributed by atoms with Crippen LogP contribution in [0.5, 0.6) is 5.75 Å². The van der Waals surface area contributed by atoms with Crippen LogP contribution in [-0.2, 0) is 16.8 Å². The standard InChI is InChI=1S/C27H35ClN2O3/c1-30(2)27(22-6-4-3-5-7-22)10-8-19(9-11-27)12-20-13-23(28)16-24(14-20)33-18-21-15-25(26(31)32)29-17-21/h3-7,13-14,16,19,21,25,29H,8-12,15,17-18H2,1-2H3,(H,31,32)/t19-,21?,25-,27+/m0/s1. The van der Waals surface area contributed by atoms with E-state index in [0.29, 0.717) is 30.5 Å². The molecule has 2 N–H and O–H groups in total. The maximum absolute atomic E-state index is 11.1. The molecule has 4 rings (SSSR count).